The van der Waals surface area contributed by atoms with Crippen LogP contribution >= 0.6 is 0 Å². The van der Waals surface area contributed by atoms with E-state index in [0.717, 1.165) is 0 Å². The molecular formula is C15H14O3. The predicted molar refractivity (Wildman–Crippen MR) is 69.1 cm³/mol. The summed E-state index contributed by atoms with van der Waals surface area (Å²) in [5.41, 5.74) is 2.02. The summed E-state index contributed by atoms with van der Waals surface area (Å²) >= 11 is 0. The van der Waals surface area contributed by atoms with Gasteiger partial charge in [-0.15, -0.1) is 0 Å². The van der Waals surface area contributed by atoms with E-state index in [0.29, 0.717) is 16.7 Å². The Bertz CT molecular complexity index is 615. The van der Waals surface area contributed by atoms with Crippen LogP contribution in [0.25, 0.3) is 0 Å². The Hall–Kier alpha value is -2.29. The Kier molecular flexibility index (Phi) is 3.06. The number of para-hydroxylation sites is 1. The summed E-state index contributed by atoms with van der Waals surface area (Å²) in [4.78, 5) is 12.2. The van der Waals surface area contributed by atoms with Crippen LogP contribution in [0.4, 0.5) is 0 Å². The zero-order valence-corrected chi connectivity index (χ0v) is 10.3. The van der Waals surface area contributed by atoms with Gasteiger partial charge in [0, 0.05) is 5.56 Å². The number of hydrogen-bond donors (Lipinski definition) is 2. The number of phenols is 2. The zero-order valence-electron chi connectivity index (χ0n) is 10.3. The van der Waals surface area contributed by atoms with Gasteiger partial charge in [0.1, 0.15) is 11.5 Å². The maximum atomic E-state index is 12.2. The Morgan fingerprint density at radius 3 is 2.39 bits per heavy atom. The first-order chi connectivity index (χ1) is 8.50. The normalized spacial score (nSPS) is 10.3. The summed E-state index contributed by atoms with van der Waals surface area (Å²) in [7, 11) is 0. The van der Waals surface area contributed by atoms with E-state index in [1.165, 1.54) is 6.07 Å². The second kappa shape index (κ2) is 4.53. The van der Waals surface area contributed by atoms with Crippen LogP contribution in [0.2, 0.25) is 0 Å². The van der Waals surface area contributed by atoms with Gasteiger partial charge in [0.2, 0.25) is 0 Å². The third-order valence-electron chi connectivity index (χ3n) is 2.94. The molecule has 0 spiro atoms. The number of phenolic OH excluding ortho intramolecular Hbond substituents is 2. The van der Waals surface area contributed by atoms with Gasteiger partial charge in [-0.3, -0.25) is 4.79 Å². The van der Waals surface area contributed by atoms with Crippen molar-refractivity contribution in [2.45, 2.75) is 13.8 Å². The molecule has 0 amide bonds. The molecule has 0 radical (unpaired) electrons. The van der Waals surface area contributed by atoms with Crippen LogP contribution in [0.15, 0.2) is 36.4 Å². The van der Waals surface area contributed by atoms with E-state index >= 15 is 0 Å². The Labute approximate surface area is 105 Å². The minimum atomic E-state index is -0.251. The van der Waals surface area contributed by atoms with Crippen LogP contribution in [0, 0.1) is 13.8 Å². The third kappa shape index (κ3) is 2.07. The summed E-state index contributed by atoms with van der Waals surface area (Å²) in [6.07, 6.45) is 0. The zero-order chi connectivity index (χ0) is 13.3. The minimum Gasteiger partial charge on any atom is -0.508 e. The summed E-state index contributed by atoms with van der Waals surface area (Å²) < 4.78 is 0. The van der Waals surface area contributed by atoms with Gasteiger partial charge < -0.3 is 10.2 Å². The Morgan fingerprint density at radius 2 is 1.72 bits per heavy atom. The molecule has 0 saturated carbocycles. The Morgan fingerprint density at radius 1 is 1.00 bits per heavy atom. The third-order valence-corrected chi connectivity index (χ3v) is 2.94. The molecule has 92 valence electrons. The molecule has 2 rings (SSSR count). The molecule has 0 atom stereocenters. The first kappa shape index (κ1) is 12.2. The molecule has 0 aromatic heterocycles. The van der Waals surface area contributed by atoms with E-state index in [-0.39, 0.29) is 22.8 Å². The van der Waals surface area contributed by atoms with Crippen molar-refractivity contribution < 1.29 is 15.0 Å². The molecule has 0 unspecified atom stereocenters. The molecule has 0 bridgehead atoms. The molecule has 2 aromatic rings. The highest BCUT2D eigenvalue weighted by Gasteiger charge is 2.15. The topological polar surface area (TPSA) is 57.5 Å². The number of carbonyl (C=O) groups excluding carboxylic acids is 1. The van der Waals surface area contributed by atoms with E-state index in [1.54, 1.807) is 44.2 Å². The second-order valence-electron chi connectivity index (χ2n) is 4.30. The largest absolute Gasteiger partial charge is 0.508 e. The van der Waals surface area contributed by atoms with Crippen molar-refractivity contribution in [3.63, 3.8) is 0 Å². The fraction of sp³-hybridized carbons (Fsp3) is 0.133. The smallest absolute Gasteiger partial charge is 0.196 e. The average Bonchev–Trinajstić information content (AvgIpc) is 2.35. The Balaban J connectivity index is 2.48. The van der Waals surface area contributed by atoms with Crippen molar-refractivity contribution in [2.75, 3.05) is 0 Å². The second-order valence-corrected chi connectivity index (χ2v) is 4.30. The SMILES string of the molecule is Cc1cc(C(=O)c2cccc(C)c2O)ccc1O. The highest BCUT2D eigenvalue weighted by molar-refractivity contribution is 6.11. The van der Waals surface area contributed by atoms with Crippen molar-refractivity contribution >= 4 is 5.78 Å². The first-order valence-electron chi connectivity index (χ1n) is 5.63. The summed E-state index contributed by atoms with van der Waals surface area (Å²) in [6, 6.07) is 9.71. The number of aromatic hydroxyl groups is 2. The standard InChI is InChI=1S/C15H14O3/c1-9-4-3-5-12(14(9)17)15(18)11-6-7-13(16)10(2)8-11/h3-8,16-17H,1-2H3. The molecule has 3 heteroatoms. The molecular weight excluding hydrogens is 228 g/mol. The van der Waals surface area contributed by atoms with Crippen LogP contribution in [0.5, 0.6) is 11.5 Å². The maximum absolute atomic E-state index is 12.2. The lowest BCUT2D eigenvalue weighted by Gasteiger charge is -2.07. The quantitative estimate of drug-likeness (QED) is 0.796. The number of rotatable bonds is 2. The molecule has 3 nitrogen and oxygen atoms in total. The van der Waals surface area contributed by atoms with Gasteiger partial charge in [-0.05, 0) is 49.2 Å². The number of carbonyl (C=O) groups is 1. The molecule has 0 aliphatic rings. The van der Waals surface area contributed by atoms with Crippen LogP contribution in [-0.4, -0.2) is 16.0 Å². The fourth-order valence-electron chi connectivity index (χ4n) is 1.79. The van der Waals surface area contributed by atoms with Crippen molar-refractivity contribution in [3.05, 3.63) is 58.7 Å². The average molecular weight is 242 g/mol. The molecule has 0 fully saturated rings. The lowest BCUT2D eigenvalue weighted by Crippen LogP contribution is -2.02. The van der Waals surface area contributed by atoms with Crippen molar-refractivity contribution in [2.24, 2.45) is 0 Å². The predicted octanol–water partition coefficient (Wildman–Crippen LogP) is 2.95. The van der Waals surface area contributed by atoms with Crippen LogP contribution in [0.3, 0.4) is 0 Å². The number of hydrogen-bond acceptors (Lipinski definition) is 3. The summed E-state index contributed by atoms with van der Waals surface area (Å²) in [5, 5.41) is 19.3. The van der Waals surface area contributed by atoms with Gasteiger partial charge in [0.25, 0.3) is 0 Å². The van der Waals surface area contributed by atoms with E-state index in [1.807, 2.05) is 0 Å². The number of ketones is 1. The lowest BCUT2D eigenvalue weighted by molar-refractivity contribution is 0.103. The van der Waals surface area contributed by atoms with Crippen LogP contribution in [0.1, 0.15) is 27.0 Å². The fourth-order valence-corrected chi connectivity index (χ4v) is 1.79. The highest BCUT2D eigenvalue weighted by Crippen LogP contribution is 2.25. The van der Waals surface area contributed by atoms with Gasteiger partial charge >= 0.3 is 0 Å². The minimum absolute atomic E-state index is 0.00762. The van der Waals surface area contributed by atoms with E-state index < -0.39 is 0 Å². The van der Waals surface area contributed by atoms with Crippen molar-refractivity contribution in [1.82, 2.24) is 0 Å². The first-order valence-corrected chi connectivity index (χ1v) is 5.63. The van der Waals surface area contributed by atoms with Crippen molar-refractivity contribution in [1.29, 1.82) is 0 Å². The van der Waals surface area contributed by atoms with E-state index in [2.05, 4.69) is 0 Å². The van der Waals surface area contributed by atoms with Crippen LogP contribution in [-0.2, 0) is 0 Å². The van der Waals surface area contributed by atoms with Gasteiger partial charge in [-0.25, -0.2) is 0 Å². The highest BCUT2D eigenvalue weighted by atomic mass is 16.3. The molecule has 18 heavy (non-hydrogen) atoms. The molecule has 0 heterocycles. The lowest BCUT2D eigenvalue weighted by atomic mass is 9.99. The maximum Gasteiger partial charge on any atom is 0.196 e. The van der Waals surface area contributed by atoms with Crippen molar-refractivity contribution in [3.8, 4) is 11.5 Å². The molecule has 0 aliphatic carbocycles. The van der Waals surface area contributed by atoms with Gasteiger partial charge in [0.05, 0.1) is 5.56 Å². The molecule has 2 N–H and O–H groups in total. The molecule has 0 saturated heterocycles. The van der Waals surface area contributed by atoms with Gasteiger partial charge in [-0.1, -0.05) is 12.1 Å². The van der Waals surface area contributed by atoms with Gasteiger partial charge in [0.15, 0.2) is 5.78 Å². The number of benzene rings is 2. The van der Waals surface area contributed by atoms with Crippen LogP contribution < -0.4 is 0 Å². The summed E-state index contributed by atoms with van der Waals surface area (Å²) in [5.74, 6) is -0.0902. The van der Waals surface area contributed by atoms with Gasteiger partial charge in [-0.2, -0.15) is 0 Å². The van der Waals surface area contributed by atoms with E-state index in [9.17, 15) is 15.0 Å². The molecule has 0 aliphatic heterocycles. The number of aryl methyl sites for hydroxylation is 2. The van der Waals surface area contributed by atoms with E-state index in [4.69, 9.17) is 0 Å². The molecule has 2 aromatic carbocycles. The monoisotopic (exact) mass is 242 g/mol. The summed E-state index contributed by atoms with van der Waals surface area (Å²) in [6.45, 7) is 3.47.